The largest absolute Gasteiger partial charge is 0.508 e. The van der Waals surface area contributed by atoms with Crippen LogP contribution >= 0.6 is 0 Å². The monoisotopic (exact) mass is 344 g/mol. The molecule has 25 heavy (non-hydrogen) atoms. The van der Waals surface area contributed by atoms with Gasteiger partial charge in [-0.05, 0) is 29.8 Å². The average molecular weight is 344 g/mol. The van der Waals surface area contributed by atoms with Crippen LogP contribution < -0.4 is 4.90 Å². The molecule has 2 aromatic carbocycles. The molecule has 1 N–H and O–H groups in total. The molecule has 1 heterocycles. The Morgan fingerprint density at radius 1 is 1.08 bits per heavy atom. The van der Waals surface area contributed by atoms with Gasteiger partial charge in [-0.25, -0.2) is 18.5 Å². The number of phenolic OH excluding ortho intramolecular Hbond substituents is 1. The Balaban J connectivity index is 2.05. The maximum atomic E-state index is 13.5. The van der Waals surface area contributed by atoms with E-state index >= 15 is 0 Å². The first-order chi connectivity index (χ1) is 11.9. The molecule has 0 saturated carbocycles. The zero-order chi connectivity index (χ0) is 18.1. The molecule has 0 aromatic heterocycles. The van der Waals surface area contributed by atoms with Crippen molar-refractivity contribution < 1.29 is 23.5 Å². The van der Waals surface area contributed by atoms with Crippen LogP contribution in [0.25, 0.3) is 0 Å². The Morgan fingerprint density at radius 3 is 2.36 bits per heavy atom. The van der Waals surface area contributed by atoms with E-state index < -0.39 is 29.6 Å². The lowest BCUT2D eigenvalue weighted by Gasteiger charge is -2.20. The van der Waals surface area contributed by atoms with Crippen molar-refractivity contribution in [3.63, 3.8) is 0 Å². The van der Waals surface area contributed by atoms with Gasteiger partial charge in [-0.15, -0.1) is 6.58 Å². The van der Waals surface area contributed by atoms with Gasteiger partial charge in [0.15, 0.2) is 11.6 Å². The van der Waals surface area contributed by atoms with Crippen molar-refractivity contribution in [1.82, 2.24) is 4.90 Å². The highest BCUT2D eigenvalue weighted by Gasteiger charge is 2.46. The summed E-state index contributed by atoms with van der Waals surface area (Å²) < 4.78 is 26.7. The highest BCUT2D eigenvalue weighted by atomic mass is 19.2. The van der Waals surface area contributed by atoms with Crippen LogP contribution in [-0.2, 0) is 4.79 Å². The van der Waals surface area contributed by atoms with Gasteiger partial charge in [-0.1, -0.05) is 18.2 Å². The second kappa shape index (κ2) is 6.35. The van der Waals surface area contributed by atoms with Gasteiger partial charge in [0, 0.05) is 12.6 Å². The Labute approximate surface area is 142 Å². The van der Waals surface area contributed by atoms with E-state index in [0.717, 1.165) is 17.0 Å². The molecule has 2 aromatic rings. The smallest absolute Gasteiger partial charge is 0.332 e. The minimum atomic E-state index is -1.15. The van der Waals surface area contributed by atoms with Gasteiger partial charge in [0.25, 0.3) is 5.91 Å². The Morgan fingerprint density at radius 2 is 1.76 bits per heavy atom. The highest BCUT2D eigenvalue weighted by Crippen LogP contribution is 2.35. The summed E-state index contributed by atoms with van der Waals surface area (Å²) in [5.74, 6) is -2.79. The van der Waals surface area contributed by atoms with Crippen LogP contribution in [0.1, 0.15) is 11.6 Å². The molecule has 0 radical (unpaired) electrons. The normalized spacial score (nSPS) is 17.3. The van der Waals surface area contributed by atoms with Gasteiger partial charge >= 0.3 is 6.03 Å². The fraction of sp³-hybridized carbons (Fsp3) is 0.111. The van der Waals surface area contributed by atoms with E-state index in [2.05, 4.69) is 6.58 Å². The number of benzene rings is 2. The Kier molecular flexibility index (Phi) is 4.22. The average Bonchev–Trinajstić information content (AvgIpc) is 2.82. The summed E-state index contributed by atoms with van der Waals surface area (Å²) in [4.78, 5) is 27.6. The molecule has 5 nitrogen and oxygen atoms in total. The van der Waals surface area contributed by atoms with Crippen molar-refractivity contribution in [3.8, 4) is 5.75 Å². The van der Waals surface area contributed by atoms with Gasteiger partial charge in [0.1, 0.15) is 11.8 Å². The van der Waals surface area contributed by atoms with E-state index in [0.29, 0.717) is 5.56 Å². The number of imide groups is 1. The first kappa shape index (κ1) is 16.6. The van der Waals surface area contributed by atoms with Crippen LogP contribution in [0.15, 0.2) is 55.1 Å². The number of amides is 3. The van der Waals surface area contributed by atoms with Crippen LogP contribution in [0, 0.1) is 11.6 Å². The van der Waals surface area contributed by atoms with Gasteiger partial charge in [0.2, 0.25) is 0 Å². The number of hydrogen-bond donors (Lipinski definition) is 1. The molecule has 0 bridgehead atoms. The second-order valence-electron chi connectivity index (χ2n) is 5.49. The van der Waals surface area contributed by atoms with Gasteiger partial charge in [-0.3, -0.25) is 4.79 Å². The molecule has 1 fully saturated rings. The molecule has 3 rings (SSSR count). The van der Waals surface area contributed by atoms with Crippen LogP contribution in [0.3, 0.4) is 0 Å². The third-order valence-corrected chi connectivity index (χ3v) is 3.90. The Bertz CT molecular complexity index is 852. The van der Waals surface area contributed by atoms with Crippen LogP contribution in [0.2, 0.25) is 0 Å². The summed E-state index contributed by atoms with van der Waals surface area (Å²) >= 11 is 0. The van der Waals surface area contributed by atoms with Crippen LogP contribution in [-0.4, -0.2) is 28.5 Å². The van der Waals surface area contributed by atoms with Gasteiger partial charge in [0.05, 0.1) is 5.69 Å². The maximum absolute atomic E-state index is 13.5. The van der Waals surface area contributed by atoms with E-state index in [9.17, 15) is 23.5 Å². The fourth-order valence-corrected chi connectivity index (χ4v) is 2.75. The number of nitrogens with zero attached hydrogens (tertiary/aromatic N) is 2. The summed E-state index contributed by atoms with van der Waals surface area (Å²) in [6, 6.07) is 7.07. The zero-order valence-electron chi connectivity index (χ0n) is 13.0. The van der Waals surface area contributed by atoms with Crippen molar-refractivity contribution in [2.75, 3.05) is 11.4 Å². The summed E-state index contributed by atoms with van der Waals surface area (Å²) in [5, 5.41) is 9.40. The van der Waals surface area contributed by atoms with Crippen molar-refractivity contribution in [3.05, 3.63) is 72.3 Å². The topological polar surface area (TPSA) is 60.9 Å². The quantitative estimate of drug-likeness (QED) is 0.683. The fourth-order valence-electron chi connectivity index (χ4n) is 2.75. The van der Waals surface area contributed by atoms with E-state index in [1.54, 1.807) is 0 Å². The van der Waals surface area contributed by atoms with Crippen molar-refractivity contribution in [2.24, 2.45) is 0 Å². The number of aromatic hydroxyl groups is 1. The molecule has 1 aliphatic rings. The van der Waals surface area contributed by atoms with Gasteiger partial charge < -0.3 is 10.0 Å². The summed E-state index contributed by atoms with van der Waals surface area (Å²) in [5.41, 5.74) is 0.437. The first-order valence-electron chi connectivity index (χ1n) is 7.43. The number of carbonyl (C=O) groups is 2. The summed E-state index contributed by atoms with van der Waals surface area (Å²) in [7, 11) is 0. The lowest BCUT2D eigenvalue weighted by atomic mass is 10.1. The number of hydrogen-bond acceptors (Lipinski definition) is 3. The molecule has 0 spiro atoms. The molecule has 1 saturated heterocycles. The number of urea groups is 1. The molecule has 1 atom stereocenters. The lowest BCUT2D eigenvalue weighted by Crippen LogP contribution is -2.33. The van der Waals surface area contributed by atoms with Crippen molar-refractivity contribution in [1.29, 1.82) is 0 Å². The van der Waals surface area contributed by atoms with E-state index in [4.69, 9.17) is 0 Å². The molecule has 128 valence electrons. The Hall–Kier alpha value is -3.22. The minimum absolute atomic E-state index is 0.0215. The zero-order valence-corrected chi connectivity index (χ0v) is 13.0. The lowest BCUT2D eigenvalue weighted by molar-refractivity contribution is -0.119. The summed E-state index contributed by atoms with van der Waals surface area (Å²) in [6.45, 7) is 3.67. The number of rotatable bonds is 4. The maximum Gasteiger partial charge on any atom is 0.332 e. The number of phenols is 1. The SMILES string of the molecule is C=CCN1C(=O)N(c2ccc(F)c(F)c2)C(=O)C1c1ccc(O)cc1. The third kappa shape index (κ3) is 2.84. The molecule has 7 heteroatoms. The number of halogens is 2. The van der Waals surface area contributed by atoms with Crippen molar-refractivity contribution in [2.45, 2.75) is 6.04 Å². The number of carbonyl (C=O) groups excluding carboxylic acids is 2. The third-order valence-electron chi connectivity index (χ3n) is 3.90. The predicted molar refractivity (Wildman–Crippen MR) is 87.0 cm³/mol. The van der Waals surface area contributed by atoms with E-state index in [1.165, 1.54) is 41.3 Å². The minimum Gasteiger partial charge on any atom is -0.508 e. The molecule has 0 aliphatic carbocycles. The van der Waals surface area contributed by atoms with Crippen LogP contribution in [0.4, 0.5) is 19.3 Å². The number of anilines is 1. The molecular formula is C18H14F2N2O3. The molecule has 1 aliphatic heterocycles. The predicted octanol–water partition coefficient (Wildman–Crippen LogP) is 3.37. The summed E-state index contributed by atoms with van der Waals surface area (Å²) in [6.07, 6.45) is 1.47. The highest BCUT2D eigenvalue weighted by molar-refractivity contribution is 6.21. The van der Waals surface area contributed by atoms with E-state index in [-0.39, 0.29) is 18.0 Å². The van der Waals surface area contributed by atoms with Gasteiger partial charge in [-0.2, -0.15) is 0 Å². The second-order valence-corrected chi connectivity index (χ2v) is 5.49. The van der Waals surface area contributed by atoms with E-state index in [1.807, 2.05) is 0 Å². The van der Waals surface area contributed by atoms with Crippen LogP contribution in [0.5, 0.6) is 5.75 Å². The first-order valence-corrected chi connectivity index (χ1v) is 7.43. The standard InChI is InChI=1S/C18H14F2N2O3/c1-2-9-21-16(11-3-6-13(23)7-4-11)17(24)22(18(21)25)12-5-8-14(19)15(20)10-12/h2-8,10,16,23H,1,9H2. The van der Waals surface area contributed by atoms with Crippen molar-refractivity contribution >= 4 is 17.6 Å². The molecule has 1 unspecified atom stereocenters. The molecular weight excluding hydrogens is 330 g/mol. The molecule has 3 amide bonds.